The average molecular weight is 404 g/mol. The highest BCUT2D eigenvalue weighted by molar-refractivity contribution is 7.99. The summed E-state index contributed by atoms with van der Waals surface area (Å²) in [5.74, 6) is -0.498. The Labute approximate surface area is 171 Å². The molecule has 1 aromatic heterocycles. The number of aromatic nitrogens is 1. The fourth-order valence-electron chi connectivity index (χ4n) is 2.21. The second-order valence-electron chi connectivity index (χ2n) is 5.72. The lowest BCUT2D eigenvalue weighted by Crippen LogP contribution is -2.43. The number of amides is 2. The van der Waals surface area contributed by atoms with Crippen LogP contribution in [0.5, 0.6) is 5.75 Å². The summed E-state index contributed by atoms with van der Waals surface area (Å²) in [6, 6.07) is 21.0. The molecular weight excluding hydrogens is 388 g/mol. The molecule has 144 valence electrons. The van der Waals surface area contributed by atoms with Gasteiger partial charge in [-0.2, -0.15) is 5.26 Å². The van der Waals surface area contributed by atoms with E-state index in [0.29, 0.717) is 16.9 Å². The minimum Gasteiger partial charge on any atom is -0.484 e. The lowest BCUT2D eigenvalue weighted by atomic mass is 10.2. The Morgan fingerprint density at radius 2 is 1.76 bits per heavy atom. The highest BCUT2D eigenvalue weighted by Gasteiger charge is 2.08. The van der Waals surface area contributed by atoms with Crippen LogP contribution in [0.2, 0.25) is 0 Å². The third-order valence-electron chi connectivity index (χ3n) is 3.65. The van der Waals surface area contributed by atoms with Crippen LogP contribution in [0, 0.1) is 11.3 Å². The van der Waals surface area contributed by atoms with Gasteiger partial charge in [0, 0.05) is 16.7 Å². The van der Waals surface area contributed by atoms with Crippen LogP contribution in [0.4, 0.5) is 0 Å². The molecule has 8 heteroatoms. The fourth-order valence-corrected chi connectivity index (χ4v) is 2.99. The van der Waals surface area contributed by atoms with E-state index in [2.05, 4.69) is 15.8 Å². The maximum atomic E-state index is 12.1. The molecule has 0 bridgehead atoms. The molecule has 0 aliphatic carbocycles. The Kier molecular flexibility index (Phi) is 6.81. The highest BCUT2D eigenvalue weighted by atomic mass is 32.2. The summed E-state index contributed by atoms with van der Waals surface area (Å²) in [6.45, 7) is -0.272. The molecule has 0 saturated heterocycles. The van der Waals surface area contributed by atoms with E-state index >= 15 is 0 Å². The van der Waals surface area contributed by atoms with E-state index in [1.54, 1.807) is 42.6 Å². The quantitative estimate of drug-likeness (QED) is 0.612. The second-order valence-corrected chi connectivity index (χ2v) is 6.82. The van der Waals surface area contributed by atoms with E-state index in [1.165, 1.54) is 11.8 Å². The van der Waals surface area contributed by atoms with E-state index in [0.717, 1.165) is 9.92 Å². The number of nitrogens with zero attached hydrogens (tertiary/aromatic N) is 2. The number of carbonyl (C=O) groups is 2. The first-order valence-electron chi connectivity index (χ1n) is 8.55. The fraction of sp³-hybridized carbons (Fsp3) is 0.0476. The van der Waals surface area contributed by atoms with Crippen molar-refractivity contribution in [2.24, 2.45) is 0 Å². The van der Waals surface area contributed by atoms with Crippen molar-refractivity contribution in [1.82, 2.24) is 15.8 Å². The van der Waals surface area contributed by atoms with Crippen LogP contribution in [0.3, 0.4) is 0 Å². The smallest absolute Gasteiger partial charge is 0.276 e. The van der Waals surface area contributed by atoms with Gasteiger partial charge in [0.25, 0.3) is 11.8 Å². The molecule has 0 radical (unpaired) electrons. The van der Waals surface area contributed by atoms with Crippen molar-refractivity contribution >= 4 is 23.6 Å². The summed E-state index contributed by atoms with van der Waals surface area (Å²) >= 11 is 1.49. The molecule has 29 heavy (non-hydrogen) atoms. The highest BCUT2D eigenvalue weighted by Crippen LogP contribution is 2.25. The largest absolute Gasteiger partial charge is 0.484 e. The summed E-state index contributed by atoms with van der Waals surface area (Å²) in [5, 5.41) is 9.61. The van der Waals surface area contributed by atoms with E-state index < -0.39 is 11.8 Å². The third-order valence-corrected chi connectivity index (χ3v) is 4.60. The SMILES string of the molecule is N#Cc1ccc(OCC(=O)NNC(=O)c2ccc(Sc3ccccn3)cc2)cc1. The first kappa shape index (κ1) is 19.9. The lowest BCUT2D eigenvalue weighted by molar-refractivity contribution is -0.123. The van der Waals surface area contributed by atoms with Gasteiger partial charge in [-0.1, -0.05) is 17.8 Å². The standard InChI is InChI=1S/C21H16N4O3S/c22-13-15-4-8-17(9-5-15)28-14-19(26)24-25-21(27)16-6-10-18(11-7-16)29-20-3-1-2-12-23-20/h1-12H,14H2,(H,24,26)(H,25,27). The molecule has 0 aliphatic heterocycles. The van der Waals surface area contributed by atoms with Crippen molar-refractivity contribution in [2.75, 3.05) is 6.61 Å². The van der Waals surface area contributed by atoms with Crippen LogP contribution in [-0.4, -0.2) is 23.4 Å². The molecule has 0 fully saturated rings. The number of benzene rings is 2. The molecular formula is C21H16N4O3S. The molecule has 1 heterocycles. The van der Waals surface area contributed by atoms with Crippen LogP contribution in [0.1, 0.15) is 15.9 Å². The van der Waals surface area contributed by atoms with Crippen molar-refractivity contribution in [3.63, 3.8) is 0 Å². The van der Waals surface area contributed by atoms with Gasteiger partial charge < -0.3 is 4.74 Å². The van der Waals surface area contributed by atoms with Gasteiger partial charge in [0.15, 0.2) is 6.61 Å². The van der Waals surface area contributed by atoms with Crippen molar-refractivity contribution in [3.8, 4) is 11.8 Å². The Morgan fingerprint density at radius 1 is 1.00 bits per heavy atom. The zero-order chi connectivity index (χ0) is 20.5. The van der Waals surface area contributed by atoms with Crippen molar-refractivity contribution in [1.29, 1.82) is 5.26 Å². The number of carbonyl (C=O) groups excluding carboxylic acids is 2. The lowest BCUT2D eigenvalue weighted by Gasteiger charge is -2.09. The van der Waals surface area contributed by atoms with Crippen LogP contribution in [0.15, 0.2) is 82.8 Å². The number of hydrogen-bond donors (Lipinski definition) is 2. The molecule has 7 nitrogen and oxygen atoms in total. The topological polar surface area (TPSA) is 104 Å². The van der Waals surface area contributed by atoms with Crippen LogP contribution in [0.25, 0.3) is 0 Å². The number of nitrogens with one attached hydrogen (secondary N) is 2. The van der Waals surface area contributed by atoms with Crippen molar-refractivity contribution < 1.29 is 14.3 Å². The summed E-state index contributed by atoms with van der Waals surface area (Å²) in [7, 11) is 0. The van der Waals surface area contributed by atoms with E-state index in [4.69, 9.17) is 10.00 Å². The molecule has 2 N–H and O–H groups in total. The minimum absolute atomic E-state index is 0.272. The Hall–Kier alpha value is -3.83. The molecule has 0 aliphatic rings. The summed E-state index contributed by atoms with van der Waals surface area (Å²) in [4.78, 5) is 29.1. The van der Waals surface area contributed by atoms with Gasteiger partial charge in [-0.3, -0.25) is 20.4 Å². The Bertz CT molecular complexity index is 1020. The van der Waals surface area contributed by atoms with Crippen LogP contribution in [-0.2, 0) is 4.79 Å². The zero-order valence-electron chi connectivity index (χ0n) is 15.2. The number of ether oxygens (including phenoxy) is 1. The normalized spacial score (nSPS) is 9.90. The van der Waals surface area contributed by atoms with Gasteiger partial charge in [0.05, 0.1) is 11.6 Å². The maximum absolute atomic E-state index is 12.1. The number of pyridine rings is 1. The Balaban J connectivity index is 1.44. The maximum Gasteiger partial charge on any atom is 0.276 e. The van der Waals surface area contributed by atoms with Gasteiger partial charge >= 0.3 is 0 Å². The Morgan fingerprint density at radius 3 is 2.41 bits per heavy atom. The summed E-state index contributed by atoms with van der Waals surface area (Å²) in [5.41, 5.74) is 5.54. The zero-order valence-corrected chi connectivity index (χ0v) is 16.0. The van der Waals surface area contributed by atoms with Crippen molar-refractivity contribution in [3.05, 3.63) is 84.1 Å². The predicted octanol–water partition coefficient (Wildman–Crippen LogP) is 2.94. The monoisotopic (exact) mass is 404 g/mol. The second kappa shape index (κ2) is 9.92. The van der Waals surface area contributed by atoms with E-state index in [1.807, 2.05) is 36.4 Å². The first-order chi connectivity index (χ1) is 14.1. The molecule has 0 atom stereocenters. The predicted molar refractivity (Wildman–Crippen MR) is 107 cm³/mol. The van der Waals surface area contributed by atoms with Gasteiger partial charge in [0.2, 0.25) is 0 Å². The third kappa shape index (κ3) is 6.09. The summed E-state index contributed by atoms with van der Waals surface area (Å²) in [6.07, 6.45) is 1.72. The van der Waals surface area contributed by atoms with Crippen LogP contribution < -0.4 is 15.6 Å². The summed E-state index contributed by atoms with van der Waals surface area (Å²) < 4.78 is 5.30. The number of hydrogen-bond acceptors (Lipinski definition) is 6. The molecule has 2 aromatic carbocycles. The van der Waals surface area contributed by atoms with E-state index in [-0.39, 0.29) is 6.61 Å². The molecule has 3 aromatic rings. The molecule has 3 rings (SSSR count). The molecule has 0 saturated carbocycles. The van der Waals surface area contributed by atoms with Gasteiger partial charge in [0.1, 0.15) is 10.8 Å². The van der Waals surface area contributed by atoms with Gasteiger partial charge in [-0.15, -0.1) is 0 Å². The van der Waals surface area contributed by atoms with Crippen molar-refractivity contribution in [2.45, 2.75) is 9.92 Å². The van der Waals surface area contributed by atoms with Crippen LogP contribution >= 0.6 is 11.8 Å². The molecule has 0 spiro atoms. The van der Waals surface area contributed by atoms with E-state index in [9.17, 15) is 9.59 Å². The van der Waals surface area contributed by atoms with Gasteiger partial charge in [-0.05, 0) is 60.7 Å². The first-order valence-corrected chi connectivity index (χ1v) is 9.37. The molecule has 2 amide bonds. The van der Waals surface area contributed by atoms with Gasteiger partial charge in [-0.25, -0.2) is 4.98 Å². The molecule has 0 unspecified atom stereocenters. The minimum atomic E-state index is -0.509. The average Bonchev–Trinajstić information content (AvgIpc) is 2.77. The number of nitriles is 1. The number of rotatable bonds is 6. The number of hydrazine groups is 1.